The van der Waals surface area contributed by atoms with E-state index in [-0.39, 0.29) is 0 Å². The molecule has 0 heterocycles. The van der Waals surface area contributed by atoms with Crippen molar-refractivity contribution in [3.05, 3.63) is 28.2 Å². The molecule has 0 spiro atoms. The molecule has 0 bridgehead atoms. The minimum absolute atomic E-state index is 0.741. The molecule has 1 N–H and O–H groups in total. The minimum Gasteiger partial charge on any atom is -0.369 e. The molecule has 0 aliphatic heterocycles. The van der Waals surface area contributed by atoms with Crippen LogP contribution in [0.5, 0.6) is 0 Å². The molecule has 1 aliphatic rings. The van der Waals surface area contributed by atoms with Crippen LogP contribution in [0.15, 0.2) is 22.7 Å². The lowest BCUT2D eigenvalue weighted by Gasteiger charge is -2.32. The van der Waals surface area contributed by atoms with Gasteiger partial charge in [0, 0.05) is 29.3 Å². The Morgan fingerprint density at radius 1 is 1.29 bits per heavy atom. The molecule has 1 saturated carbocycles. The second-order valence-electron chi connectivity index (χ2n) is 6.62. The number of halogens is 1. The van der Waals surface area contributed by atoms with Crippen molar-refractivity contribution in [1.82, 2.24) is 5.32 Å². The number of benzene rings is 1. The van der Waals surface area contributed by atoms with Crippen molar-refractivity contribution in [1.29, 1.82) is 0 Å². The number of nitrogens with zero attached hydrogens (tertiary/aromatic N) is 1. The first-order chi connectivity index (χ1) is 10.1. The Bertz CT molecular complexity index is 439. The van der Waals surface area contributed by atoms with Crippen molar-refractivity contribution in [3.63, 3.8) is 0 Å². The Kier molecular flexibility index (Phi) is 6.56. The van der Waals surface area contributed by atoms with E-state index >= 15 is 0 Å². The molecule has 0 saturated heterocycles. The molecule has 21 heavy (non-hydrogen) atoms. The smallest absolute Gasteiger partial charge is 0.0380 e. The lowest BCUT2D eigenvalue weighted by Crippen LogP contribution is -2.34. The summed E-state index contributed by atoms with van der Waals surface area (Å²) in [4.78, 5) is 2.65. The fourth-order valence-corrected chi connectivity index (χ4v) is 3.69. The Hall–Kier alpha value is -0.540. The van der Waals surface area contributed by atoms with Gasteiger partial charge in [0.25, 0.3) is 0 Å². The molecule has 0 unspecified atom stereocenters. The maximum absolute atomic E-state index is 3.74. The van der Waals surface area contributed by atoms with Gasteiger partial charge in [-0.25, -0.2) is 0 Å². The van der Waals surface area contributed by atoms with Crippen LogP contribution in [-0.4, -0.2) is 19.6 Å². The van der Waals surface area contributed by atoms with Gasteiger partial charge in [-0.15, -0.1) is 0 Å². The predicted molar refractivity (Wildman–Crippen MR) is 96.0 cm³/mol. The van der Waals surface area contributed by atoms with Gasteiger partial charge in [-0.1, -0.05) is 48.7 Å². The number of hydrogen-bond donors (Lipinski definition) is 1. The van der Waals surface area contributed by atoms with Gasteiger partial charge < -0.3 is 10.2 Å². The van der Waals surface area contributed by atoms with Crippen molar-refractivity contribution in [3.8, 4) is 0 Å². The quantitative estimate of drug-likeness (QED) is 0.745. The standard InChI is InChI=1S/C18H29BrN2/c1-14(2)10-11-21(16-6-4-5-7-16)17-9-8-15(13-20-3)18(19)12-17/h8-9,12,14,16,20H,4-7,10-11,13H2,1-3H3. The van der Waals surface area contributed by atoms with Gasteiger partial charge >= 0.3 is 0 Å². The number of anilines is 1. The van der Waals surface area contributed by atoms with Crippen LogP contribution in [0.1, 0.15) is 51.5 Å². The summed E-state index contributed by atoms with van der Waals surface area (Å²) >= 11 is 3.74. The molecule has 3 heteroatoms. The van der Waals surface area contributed by atoms with Gasteiger partial charge in [-0.2, -0.15) is 0 Å². The monoisotopic (exact) mass is 352 g/mol. The summed E-state index contributed by atoms with van der Waals surface area (Å²) in [6.07, 6.45) is 6.76. The van der Waals surface area contributed by atoms with Gasteiger partial charge in [0.15, 0.2) is 0 Å². The maximum atomic E-state index is 3.74. The molecular formula is C18H29BrN2. The van der Waals surface area contributed by atoms with Crippen LogP contribution in [0.4, 0.5) is 5.69 Å². The zero-order valence-corrected chi connectivity index (χ0v) is 15.2. The highest BCUT2D eigenvalue weighted by molar-refractivity contribution is 9.10. The van der Waals surface area contributed by atoms with Crippen LogP contribution in [0.2, 0.25) is 0 Å². The van der Waals surface area contributed by atoms with E-state index in [1.165, 1.54) is 54.4 Å². The summed E-state index contributed by atoms with van der Waals surface area (Å²) in [5.74, 6) is 0.765. The first kappa shape index (κ1) is 16.8. The zero-order valence-electron chi connectivity index (χ0n) is 13.7. The van der Waals surface area contributed by atoms with Gasteiger partial charge in [-0.05, 0) is 49.9 Å². The van der Waals surface area contributed by atoms with E-state index in [1.54, 1.807) is 0 Å². The number of nitrogens with one attached hydrogen (secondary N) is 1. The van der Waals surface area contributed by atoms with Crippen molar-refractivity contribution in [2.24, 2.45) is 5.92 Å². The van der Waals surface area contributed by atoms with Crippen molar-refractivity contribution < 1.29 is 0 Å². The van der Waals surface area contributed by atoms with E-state index in [4.69, 9.17) is 0 Å². The summed E-state index contributed by atoms with van der Waals surface area (Å²) in [5, 5.41) is 3.23. The summed E-state index contributed by atoms with van der Waals surface area (Å²) in [6, 6.07) is 7.61. The fraction of sp³-hybridized carbons (Fsp3) is 0.667. The minimum atomic E-state index is 0.741. The van der Waals surface area contributed by atoms with Crippen LogP contribution in [-0.2, 0) is 6.54 Å². The van der Waals surface area contributed by atoms with Crippen molar-refractivity contribution >= 4 is 21.6 Å². The third kappa shape index (κ3) is 4.72. The second-order valence-corrected chi connectivity index (χ2v) is 7.47. The summed E-state index contributed by atoms with van der Waals surface area (Å²) in [6.45, 7) is 6.73. The molecule has 2 rings (SSSR count). The van der Waals surface area contributed by atoms with E-state index < -0.39 is 0 Å². The molecule has 1 aliphatic carbocycles. The second kappa shape index (κ2) is 8.19. The van der Waals surface area contributed by atoms with E-state index in [0.717, 1.165) is 18.5 Å². The molecular weight excluding hydrogens is 324 g/mol. The lowest BCUT2D eigenvalue weighted by atomic mass is 10.1. The van der Waals surface area contributed by atoms with Gasteiger partial charge in [-0.3, -0.25) is 0 Å². The van der Waals surface area contributed by atoms with Crippen LogP contribution in [0, 0.1) is 5.92 Å². The highest BCUT2D eigenvalue weighted by Gasteiger charge is 2.23. The SMILES string of the molecule is CNCc1ccc(N(CCC(C)C)C2CCCC2)cc1Br. The summed E-state index contributed by atoms with van der Waals surface area (Å²) in [7, 11) is 1.99. The molecule has 118 valence electrons. The Morgan fingerprint density at radius 3 is 2.57 bits per heavy atom. The Labute approximate surface area is 138 Å². The first-order valence-corrected chi connectivity index (χ1v) is 9.10. The third-order valence-electron chi connectivity index (χ3n) is 4.45. The molecule has 0 atom stereocenters. The van der Waals surface area contributed by atoms with Crippen molar-refractivity contribution in [2.75, 3.05) is 18.5 Å². The topological polar surface area (TPSA) is 15.3 Å². The molecule has 0 radical (unpaired) electrons. The largest absolute Gasteiger partial charge is 0.369 e. The van der Waals surface area contributed by atoms with Crippen LogP contribution < -0.4 is 10.2 Å². The molecule has 1 fully saturated rings. The average Bonchev–Trinajstić information content (AvgIpc) is 2.96. The Balaban J connectivity index is 2.16. The number of rotatable bonds is 7. The van der Waals surface area contributed by atoms with Crippen LogP contribution in [0.3, 0.4) is 0 Å². The highest BCUT2D eigenvalue weighted by Crippen LogP contribution is 2.31. The van der Waals surface area contributed by atoms with E-state index in [0.29, 0.717) is 0 Å². The predicted octanol–water partition coefficient (Wildman–Crippen LogP) is 4.96. The molecule has 1 aromatic carbocycles. The molecule has 0 aromatic heterocycles. The van der Waals surface area contributed by atoms with Gasteiger partial charge in [0.1, 0.15) is 0 Å². The lowest BCUT2D eigenvalue weighted by molar-refractivity contribution is 0.528. The molecule has 1 aromatic rings. The number of hydrogen-bond acceptors (Lipinski definition) is 2. The van der Waals surface area contributed by atoms with Gasteiger partial charge in [0.2, 0.25) is 0 Å². The Morgan fingerprint density at radius 2 is 2.00 bits per heavy atom. The summed E-state index contributed by atoms with van der Waals surface area (Å²) in [5.41, 5.74) is 2.71. The first-order valence-electron chi connectivity index (χ1n) is 8.31. The highest BCUT2D eigenvalue weighted by atomic mass is 79.9. The maximum Gasteiger partial charge on any atom is 0.0380 e. The third-order valence-corrected chi connectivity index (χ3v) is 5.19. The summed E-state index contributed by atoms with van der Waals surface area (Å²) < 4.78 is 1.22. The van der Waals surface area contributed by atoms with E-state index in [9.17, 15) is 0 Å². The van der Waals surface area contributed by atoms with Crippen LogP contribution >= 0.6 is 15.9 Å². The zero-order chi connectivity index (χ0) is 15.2. The van der Waals surface area contributed by atoms with Gasteiger partial charge in [0.05, 0.1) is 0 Å². The van der Waals surface area contributed by atoms with E-state index in [1.807, 2.05) is 7.05 Å². The molecule has 2 nitrogen and oxygen atoms in total. The average molecular weight is 353 g/mol. The van der Waals surface area contributed by atoms with Crippen LogP contribution in [0.25, 0.3) is 0 Å². The molecule has 0 amide bonds. The van der Waals surface area contributed by atoms with E-state index in [2.05, 4.69) is 58.2 Å². The fourth-order valence-electron chi connectivity index (χ4n) is 3.18. The normalized spacial score (nSPS) is 15.9. The van der Waals surface area contributed by atoms with Crippen molar-refractivity contribution in [2.45, 2.75) is 58.5 Å².